The monoisotopic (exact) mass is 425 g/mol. The van der Waals surface area contributed by atoms with E-state index >= 15 is 0 Å². The minimum atomic E-state index is -1.08. The van der Waals surface area contributed by atoms with E-state index in [-0.39, 0.29) is 5.69 Å². The fraction of sp³-hybridized carbons (Fsp3) is 0.111. The molecule has 7 heteroatoms. The Balaban J connectivity index is 1.92. The first kappa shape index (κ1) is 19.1. The van der Waals surface area contributed by atoms with Gasteiger partial charge in [0.25, 0.3) is 5.91 Å². The SMILES string of the molecule is CC(OC(=O)/C=C/c1cccc(Cl)c1)C(=O)Nc1ccc(Br)cc1F. The Labute approximate surface area is 157 Å². The van der Waals surface area contributed by atoms with Crippen LogP contribution < -0.4 is 5.32 Å². The van der Waals surface area contributed by atoms with Gasteiger partial charge in [-0.05, 0) is 48.9 Å². The summed E-state index contributed by atoms with van der Waals surface area (Å²) >= 11 is 8.98. The molecule has 0 spiro atoms. The molecular weight excluding hydrogens is 413 g/mol. The van der Waals surface area contributed by atoms with Crippen LogP contribution in [-0.2, 0) is 14.3 Å². The van der Waals surface area contributed by atoms with Gasteiger partial charge >= 0.3 is 5.97 Å². The quantitative estimate of drug-likeness (QED) is 0.550. The maximum absolute atomic E-state index is 13.7. The van der Waals surface area contributed by atoms with Crippen molar-refractivity contribution in [1.82, 2.24) is 0 Å². The van der Waals surface area contributed by atoms with Crippen molar-refractivity contribution in [1.29, 1.82) is 0 Å². The molecule has 2 aromatic carbocycles. The topological polar surface area (TPSA) is 55.4 Å². The smallest absolute Gasteiger partial charge is 0.331 e. The second-order valence-electron chi connectivity index (χ2n) is 5.08. The van der Waals surface area contributed by atoms with Crippen LogP contribution >= 0.6 is 27.5 Å². The van der Waals surface area contributed by atoms with Gasteiger partial charge in [0.05, 0.1) is 5.69 Å². The molecule has 0 saturated carbocycles. The lowest BCUT2D eigenvalue weighted by molar-refractivity contribution is -0.148. The van der Waals surface area contributed by atoms with E-state index in [1.807, 2.05) is 0 Å². The number of anilines is 1. The Hall–Kier alpha value is -2.18. The van der Waals surface area contributed by atoms with Crippen molar-refractivity contribution in [2.45, 2.75) is 13.0 Å². The Kier molecular flexibility index (Phi) is 6.73. The average molecular weight is 427 g/mol. The highest BCUT2D eigenvalue weighted by molar-refractivity contribution is 9.10. The molecule has 0 heterocycles. The van der Waals surface area contributed by atoms with Gasteiger partial charge in [0.2, 0.25) is 0 Å². The van der Waals surface area contributed by atoms with E-state index in [0.29, 0.717) is 9.50 Å². The minimum Gasteiger partial charge on any atom is -0.449 e. The van der Waals surface area contributed by atoms with Gasteiger partial charge < -0.3 is 10.1 Å². The third kappa shape index (κ3) is 5.99. The molecule has 0 saturated heterocycles. The molecule has 0 aliphatic heterocycles. The van der Waals surface area contributed by atoms with Crippen molar-refractivity contribution >= 4 is 51.2 Å². The van der Waals surface area contributed by atoms with Crippen LogP contribution in [0.1, 0.15) is 12.5 Å². The summed E-state index contributed by atoms with van der Waals surface area (Å²) in [5.74, 6) is -1.92. The van der Waals surface area contributed by atoms with Crippen LogP contribution in [0.4, 0.5) is 10.1 Å². The molecule has 1 amide bonds. The molecule has 0 radical (unpaired) electrons. The molecule has 0 fully saturated rings. The van der Waals surface area contributed by atoms with E-state index in [1.165, 1.54) is 31.2 Å². The van der Waals surface area contributed by atoms with Crippen molar-refractivity contribution in [2.75, 3.05) is 5.32 Å². The molecule has 25 heavy (non-hydrogen) atoms. The number of rotatable bonds is 5. The fourth-order valence-electron chi connectivity index (χ4n) is 1.87. The van der Waals surface area contributed by atoms with Crippen molar-refractivity contribution in [3.63, 3.8) is 0 Å². The van der Waals surface area contributed by atoms with Crippen LogP contribution in [0.25, 0.3) is 6.08 Å². The molecule has 0 bridgehead atoms. The number of hydrogen-bond donors (Lipinski definition) is 1. The highest BCUT2D eigenvalue weighted by Gasteiger charge is 2.18. The normalized spacial score (nSPS) is 12.0. The van der Waals surface area contributed by atoms with E-state index in [0.717, 1.165) is 5.56 Å². The third-order valence-corrected chi connectivity index (χ3v) is 3.84. The summed E-state index contributed by atoms with van der Waals surface area (Å²) in [5, 5.41) is 2.91. The number of esters is 1. The highest BCUT2D eigenvalue weighted by atomic mass is 79.9. The Morgan fingerprint density at radius 1 is 1.28 bits per heavy atom. The summed E-state index contributed by atoms with van der Waals surface area (Å²) in [7, 11) is 0. The summed E-state index contributed by atoms with van der Waals surface area (Å²) in [6.45, 7) is 1.40. The number of amides is 1. The molecule has 4 nitrogen and oxygen atoms in total. The first-order valence-corrected chi connectivity index (χ1v) is 8.42. The highest BCUT2D eigenvalue weighted by Crippen LogP contribution is 2.19. The number of hydrogen-bond acceptors (Lipinski definition) is 3. The summed E-state index contributed by atoms with van der Waals surface area (Å²) in [6.07, 6.45) is 1.63. The second-order valence-corrected chi connectivity index (χ2v) is 6.43. The molecule has 1 unspecified atom stereocenters. The zero-order valence-corrected chi connectivity index (χ0v) is 15.5. The zero-order valence-electron chi connectivity index (χ0n) is 13.1. The minimum absolute atomic E-state index is 0.00516. The van der Waals surface area contributed by atoms with E-state index in [1.54, 1.807) is 30.3 Å². The molecule has 130 valence electrons. The Morgan fingerprint density at radius 2 is 2.04 bits per heavy atom. The first-order valence-electron chi connectivity index (χ1n) is 7.25. The Bertz CT molecular complexity index is 826. The molecule has 0 aliphatic carbocycles. The van der Waals surface area contributed by atoms with Crippen LogP contribution in [0.3, 0.4) is 0 Å². The van der Waals surface area contributed by atoms with E-state index in [4.69, 9.17) is 16.3 Å². The summed E-state index contributed by atoms with van der Waals surface area (Å²) in [5.41, 5.74) is 0.726. The van der Waals surface area contributed by atoms with Crippen molar-refractivity contribution in [2.24, 2.45) is 0 Å². The number of ether oxygens (including phenoxy) is 1. The lowest BCUT2D eigenvalue weighted by Gasteiger charge is -2.13. The maximum atomic E-state index is 13.7. The predicted octanol–water partition coefficient (Wildman–Crippen LogP) is 4.83. The summed E-state index contributed by atoms with van der Waals surface area (Å²) in [4.78, 5) is 23.8. The van der Waals surface area contributed by atoms with Gasteiger partial charge in [-0.2, -0.15) is 0 Å². The fourth-order valence-corrected chi connectivity index (χ4v) is 2.40. The van der Waals surface area contributed by atoms with E-state index in [9.17, 15) is 14.0 Å². The molecule has 2 rings (SSSR count). The van der Waals surface area contributed by atoms with Gasteiger partial charge in [-0.1, -0.05) is 39.7 Å². The number of carbonyl (C=O) groups excluding carboxylic acids is 2. The van der Waals surface area contributed by atoms with Crippen LogP contribution in [0.15, 0.2) is 53.0 Å². The Morgan fingerprint density at radius 3 is 2.72 bits per heavy atom. The summed E-state index contributed by atoms with van der Waals surface area (Å²) < 4.78 is 19.3. The van der Waals surface area contributed by atoms with Crippen molar-refractivity contribution < 1.29 is 18.7 Å². The van der Waals surface area contributed by atoms with Crippen LogP contribution in [0, 0.1) is 5.82 Å². The van der Waals surface area contributed by atoms with Gasteiger partial charge in [0.15, 0.2) is 6.10 Å². The molecular formula is C18H14BrClFNO3. The average Bonchev–Trinajstić information content (AvgIpc) is 2.55. The number of carbonyl (C=O) groups is 2. The molecule has 1 atom stereocenters. The second kappa shape index (κ2) is 8.78. The first-order chi connectivity index (χ1) is 11.8. The molecule has 0 aromatic heterocycles. The zero-order chi connectivity index (χ0) is 18.4. The van der Waals surface area contributed by atoms with Crippen molar-refractivity contribution in [3.8, 4) is 0 Å². The van der Waals surface area contributed by atoms with Gasteiger partial charge in [-0.25, -0.2) is 9.18 Å². The van der Waals surface area contributed by atoms with Crippen LogP contribution in [0.2, 0.25) is 5.02 Å². The van der Waals surface area contributed by atoms with E-state index < -0.39 is 23.8 Å². The standard InChI is InChI=1S/C18H14BrClFNO3/c1-11(18(24)22-16-7-6-13(19)10-15(16)21)25-17(23)8-5-12-3-2-4-14(20)9-12/h2-11H,1H3,(H,22,24)/b8-5+. The van der Waals surface area contributed by atoms with E-state index in [2.05, 4.69) is 21.2 Å². The number of halogens is 3. The largest absolute Gasteiger partial charge is 0.449 e. The maximum Gasteiger partial charge on any atom is 0.331 e. The number of benzene rings is 2. The number of nitrogens with one attached hydrogen (secondary N) is 1. The predicted molar refractivity (Wildman–Crippen MR) is 98.8 cm³/mol. The van der Waals surface area contributed by atoms with Gasteiger partial charge in [-0.15, -0.1) is 0 Å². The summed E-state index contributed by atoms with van der Waals surface area (Å²) in [6, 6.07) is 11.1. The third-order valence-electron chi connectivity index (χ3n) is 3.11. The molecule has 2 aromatic rings. The lowest BCUT2D eigenvalue weighted by atomic mass is 10.2. The van der Waals surface area contributed by atoms with Gasteiger partial charge in [-0.3, -0.25) is 4.79 Å². The molecule has 0 aliphatic rings. The van der Waals surface area contributed by atoms with Crippen molar-refractivity contribution in [3.05, 3.63) is 69.4 Å². The van der Waals surface area contributed by atoms with Crippen LogP contribution in [-0.4, -0.2) is 18.0 Å². The van der Waals surface area contributed by atoms with Crippen LogP contribution in [0.5, 0.6) is 0 Å². The van der Waals surface area contributed by atoms with Gasteiger partial charge in [0.1, 0.15) is 5.82 Å². The van der Waals surface area contributed by atoms with Gasteiger partial charge in [0, 0.05) is 15.6 Å². The molecule has 1 N–H and O–H groups in total. The lowest BCUT2D eigenvalue weighted by Crippen LogP contribution is -2.29.